The average molecular weight is 350 g/mol. The zero-order valence-electron chi connectivity index (χ0n) is 12.4. The topological polar surface area (TPSA) is 4.93 Å². The molecular formula is C20H16BrN. The molecule has 0 N–H and O–H groups in total. The van der Waals surface area contributed by atoms with E-state index in [0.717, 1.165) is 5.33 Å². The smallest absolute Gasteiger partial charge is 0.0489 e. The Bertz CT molecular complexity index is 982. The Morgan fingerprint density at radius 3 is 2.41 bits per heavy atom. The first-order valence-electron chi connectivity index (χ1n) is 7.40. The van der Waals surface area contributed by atoms with E-state index in [-0.39, 0.29) is 0 Å². The van der Waals surface area contributed by atoms with Crippen molar-refractivity contribution in [2.24, 2.45) is 7.05 Å². The molecule has 0 spiro atoms. The molecule has 4 rings (SSSR count). The Hall–Kier alpha value is -2.06. The Labute approximate surface area is 138 Å². The Kier molecular flexibility index (Phi) is 3.27. The number of alkyl halides is 1. The number of halogens is 1. The summed E-state index contributed by atoms with van der Waals surface area (Å²) in [5, 5.41) is 3.52. The summed E-state index contributed by atoms with van der Waals surface area (Å²) < 4.78 is 2.27. The van der Waals surface area contributed by atoms with Crippen LogP contribution in [0.3, 0.4) is 0 Å². The minimum Gasteiger partial charge on any atom is -0.344 e. The highest BCUT2D eigenvalue weighted by atomic mass is 79.9. The molecular weight excluding hydrogens is 334 g/mol. The van der Waals surface area contributed by atoms with E-state index in [1.54, 1.807) is 0 Å². The number of aryl methyl sites for hydroxylation is 1. The van der Waals surface area contributed by atoms with Gasteiger partial charge in [-0.15, -0.1) is 0 Å². The molecule has 0 saturated heterocycles. The third-order valence-corrected chi connectivity index (χ3v) is 4.98. The molecule has 0 saturated carbocycles. The fourth-order valence-electron chi connectivity index (χ4n) is 3.18. The lowest BCUT2D eigenvalue weighted by molar-refractivity contribution is 1.01. The maximum absolute atomic E-state index is 3.54. The fourth-order valence-corrected chi connectivity index (χ4v) is 3.53. The molecule has 0 radical (unpaired) electrons. The van der Waals surface area contributed by atoms with E-state index in [4.69, 9.17) is 0 Å². The monoisotopic (exact) mass is 349 g/mol. The molecule has 1 aromatic heterocycles. The summed E-state index contributed by atoms with van der Waals surface area (Å²) in [4.78, 5) is 0. The molecule has 4 aromatic rings. The zero-order chi connectivity index (χ0) is 15.1. The normalized spacial score (nSPS) is 11.4. The summed E-state index contributed by atoms with van der Waals surface area (Å²) in [7, 11) is 2.13. The van der Waals surface area contributed by atoms with Crippen LogP contribution in [-0.4, -0.2) is 4.57 Å². The number of para-hydroxylation sites is 1. The van der Waals surface area contributed by atoms with Gasteiger partial charge >= 0.3 is 0 Å². The number of aromatic nitrogens is 1. The van der Waals surface area contributed by atoms with Crippen LogP contribution in [0.5, 0.6) is 0 Å². The highest BCUT2D eigenvalue weighted by Crippen LogP contribution is 2.32. The van der Waals surface area contributed by atoms with Gasteiger partial charge in [0.05, 0.1) is 0 Å². The molecule has 0 aliphatic heterocycles. The molecule has 2 heteroatoms. The summed E-state index contributed by atoms with van der Waals surface area (Å²) in [5.41, 5.74) is 6.40. The molecule has 0 fully saturated rings. The maximum atomic E-state index is 3.54. The molecule has 3 aromatic carbocycles. The van der Waals surface area contributed by atoms with Crippen LogP contribution in [0, 0.1) is 0 Å². The van der Waals surface area contributed by atoms with Crippen LogP contribution in [0.25, 0.3) is 32.9 Å². The van der Waals surface area contributed by atoms with Crippen LogP contribution in [0.1, 0.15) is 5.56 Å². The van der Waals surface area contributed by atoms with Crippen LogP contribution < -0.4 is 0 Å². The van der Waals surface area contributed by atoms with Crippen LogP contribution in [0.2, 0.25) is 0 Å². The van der Waals surface area contributed by atoms with Crippen molar-refractivity contribution in [1.82, 2.24) is 4.57 Å². The van der Waals surface area contributed by atoms with Crippen molar-refractivity contribution in [3.8, 4) is 11.1 Å². The molecule has 0 aliphatic carbocycles. The van der Waals surface area contributed by atoms with E-state index in [0.29, 0.717) is 0 Å². The molecule has 0 atom stereocenters. The van der Waals surface area contributed by atoms with Crippen molar-refractivity contribution in [3.63, 3.8) is 0 Å². The first kappa shape index (κ1) is 13.6. The van der Waals surface area contributed by atoms with E-state index in [2.05, 4.69) is 94.3 Å². The van der Waals surface area contributed by atoms with Crippen molar-refractivity contribution >= 4 is 37.7 Å². The molecule has 1 nitrogen and oxygen atoms in total. The van der Waals surface area contributed by atoms with Gasteiger partial charge in [-0.3, -0.25) is 0 Å². The van der Waals surface area contributed by atoms with E-state index in [9.17, 15) is 0 Å². The molecule has 0 aliphatic rings. The van der Waals surface area contributed by atoms with Crippen LogP contribution >= 0.6 is 15.9 Å². The minimum atomic E-state index is 0.886. The van der Waals surface area contributed by atoms with E-state index in [1.165, 1.54) is 38.5 Å². The largest absolute Gasteiger partial charge is 0.344 e. The lowest BCUT2D eigenvalue weighted by Gasteiger charge is -2.05. The van der Waals surface area contributed by atoms with Crippen molar-refractivity contribution in [1.29, 1.82) is 0 Å². The van der Waals surface area contributed by atoms with Gasteiger partial charge in [0.2, 0.25) is 0 Å². The second-order valence-electron chi connectivity index (χ2n) is 5.64. The number of benzene rings is 3. The van der Waals surface area contributed by atoms with Crippen molar-refractivity contribution in [2.75, 3.05) is 0 Å². The highest BCUT2D eigenvalue weighted by Gasteiger charge is 2.09. The standard InChI is InChI=1S/C20H16BrN/c1-22-19-8-3-2-7-17(19)18-12-16(9-10-20(18)22)15-6-4-5-14(11-15)13-21/h2-12H,13H2,1H3. The summed E-state index contributed by atoms with van der Waals surface area (Å²) in [5.74, 6) is 0. The first-order valence-corrected chi connectivity index (χ1v) is 8.52. The Morgan fingerprint density at radius 2 is 1.55 bits per heavy atom. The summed E-state index contributed by atoms with van der Waals surface area (Å²) >= 11 is 3.54. The van der Waals surface area contributed by atoms with Gasteiger partial charge < -0.3 is 4.57 Å². The van der Waals surface area contributed by atoms with Gasteiger partial charge in [-0.2, -0.15) is 0 Å². The van der Waals surface area contributed by atoms with E-state index < -0.39 is 0 Å². The van der Waals surface area contributed by atoms with Crippen molar-refractivity contribution in [2.45, 2.75) is 5.33 Å². The number of rotatable bonds is 2. The Balaban J connectivity index is 1.99. The van der Waals surface area contributed by atoms with Gasteiger partial charge in [-0.05, 0) is 34.9 Å². The van der Waals surface area contributed by atoms with E-state index in [1.807, 2.05) is 0 Å². The number of nitrogens with zero attached hydrogens (tertiary/aromatic N) is 1. The van der Waals surface area contributed by atoms with Crippen molar-refractivity contribution < 1.29 is 0 Å². The molecule has 0 amide bonds. The van der Waals surface area contributed by atoms with Gasteiger partial charge in [0.15, 0.2) is 0 Å². The van der Waals surface area contributed by atoms with Gasteiger partial charge in [-0.25, -0.2) is 0 Å². The summed E-state index contributed by atoms with van der Waals surface area (Å²) in [6.45, 7) is 0. The number of fused-ring (bicyclic) bond motifs is 3. The minimum absolute atomic E-state index is 0.886. The molecule has 1 heterocycles. The van der Waals surface area contributed by atoms with Gasteiger partial charge in [0.1, 0.15) is 0 Å². The van der Waals surface area contributed by atoms with Gasteiger partial charge in [0.25, 0.3) is 0 Å². The lowest BCUT2D eigenvalue weighted by atomic mass is 10.0. The number of hydrogen-bond donors (Lipinski definition) is 0. The summed E-state index contributed by atoms with van der Waals surface area (Å²) in [6.07, 6.45) is 0. The van der Waals surface area contributed by atoms with E-state index >= 15 is 0 Å². The predicted molar refractivity (Wildman–Crippen MR) is 98.5 cm³/mol. The SMILES string of the molecule is Cn1c2ccccc2c2cc(-c3cccc(CBr)c3)ccc21. The second-order valence-corrected chi connectivity index (χ2v) is 6.20. The third-order valence-electron chi connectivity index (χ3n) is 4.33. The fraction of sp³-hybridized carbons (Fsp3) is 0.100. The lowest BCUT2D eigenvalue weighted by Crippen LogP contribution is -1.86. The molecule has 22 heavy (non-hydrogen) atoms. The van der Waals surface area contributed by atoms with Gasteiger partial charge in [-0.1, -0.05) is 64.5 Å². The maximum Gasteiger partial charge on any atom is 0.0489 e. The highest BCUT2D eigenvalue weighted by molar-refractivity contribution is 9.08. The third kappa shape index (κ3) is 2.06. The zero-order valence-corrected chi connectivity index (χ0v) is 14.0. The quantitative estimate of drug-likeness (QED) is 0.397. The molecule has 108 valence electrons. The average Bonchev–Trinajstić information content (AvgIpc) is 2.88. The van der Waals surface area contributed by atoms with Crippen LogP contribution in [0.4, 0.5) is 0 Å². The predicted octanol–water partition coefficient (Wildman–Crippen LogP) is 5.89. The molecule has 0 unspecified atom stereocenters. The Morgan fingerprint density at radius 1 is 0.773 bits per heavy atom. The first-order chi connectivity index (χ1) is 10.8. The van der Waals surface area contributed by atoms with Gasteiger partial charge in [0, 0.05) is 34.2 Å². The summed E-state index contributed by atoms with van der Waals surface area (Å²) in [6, 6.07) is 24.1. The molecule has 0 bridgehead atoms. The second kappa shape index (κ2) is 5.29. The van der Waals surface area contributed by atoms with Crippen LogP contribution in [0.15, 0.2) is 66.7 Å². The van der Waals surface area contributed by atoms with Crippen molar-refractivity contribution in [3.05, 3.63) is 72.3 Å². The van der Waals surface area contributed by atoms with Crippen LogP contribution in [-0.2, 0) is 12.4 Å². The number of hydrogen-bond acceptors (Lipinski definition) is 0.